The van der Waals surface area contributed by atoms with Gasteiger partial charge in [0.25, 0.3) is 0 Å². The van der Waals surface area contributed by atoms with E-state index in [1.54, 1.807) is 0 Å². The fraction of sp³-hybridized carbons (Fsp3) is 0.650. The molecule has 4 heteroatoms. The van der Waals surface area contributed by atoms with Crippen molar-refractivity contribution in [2.75, 3.05) is 6.61 Å². The van der Waals surface area contributed by atoms with Crippen LogP contribution < -0.4 is 0 Å². The Kier molecular flexibility index (Phi) is 3.64. The maximum absolute atomic E-state index is 12.2. The molecule has 4 rings (SSSR count). The quantitative estimate of drug-likeness (QED) is 0.604. The number of furan rings is 1. The first-order chi connectivity index (χ1) is 11.5. The van der Waals surface area contributed by atoms with Crippen LogP contribution in [0.5, 0.6) is 0 Å². The Morgan fingerprint density at radius 2 is 2.21 bits per heavy atom. The van der Waals surface area contributed by atoms with Crippen LogP contribution in [-0.2, 0) is 20.7 Å². The molecular formula is C20H26O4. The minimum Gasteiger partial charge on any atom is -0.469 e. The zero-order valence-corrected chi connectivity index (χ0v) is 14.9. The van der Waals surface area contributed by atoms with E-state index in [0.29, 0.717) is 17.4 Å². The number of carbonyl (C=O) groups excluding carboxylic acids is 1. The topological polar surface area (TPSA) is 48.7 Å². The third-order valence-electron chi connectivity index (χ3n) is 6.76. The highest BCUT2D eigenvalue weighted by Crippen LogP contribution is 2.65. The highest BCUT2D eigenvalue weighted by atomic mass is 16.5. The van der Waals surface area contributed by atoms with Crippen LogP contribution in [0.1, 0.15) is 56.6 Å². The van der Waals surface area contributed by atoms with Gasteiger partial charge >= 0.3 is 5.97 Å². The van der Waals surface area contributed by atoms with E-state index in [1.165, 1.54) is 11.1 Å². The predicted molar refractivity (Wildman–Crippen MR) is 89.5 cm³/mol. The van der Waals surface area contributed by atoms with Crippen molar-refractivity contribution in [1.29, 1.82) is 0 Å². The monoisotopic (exact) mass is 330 g/mol. The average molecular weight is 330 g/mol. The van der Waals surface area contributed by atoms with Crippen LogP contribution in [0.2, 0.25) is 0 Å². The van der Waals surface area contributed by atoms with E-state index in [1.807, 2.05) is 26.2 Å². The molecule has 0 bridgehead atoms. The first kappa shape index (κ1) is 15.9. The number of carbonyl (C=O) groups is 1. The molecule has 0 radical (unpaired) electrons. The van der Waals surface area contributed by atoms with Gasteiger partial charge in [-0.2, -0.15) is 0 Å². The molecule has 2 heterocycles. The second kappa shape index (κ2) is 5.48. The second-order valence-electron chi connectivity index (χ2n) is 7.74. The lowest BCUT2D eigenvalue weighted by Crippen LogP contribution is -2.62. The van der Waals surface area contributed by atoms with Crippen molar-refractivity contribution in [2.45, 2.75) is 59.2 Å². The number of aryl methyl sites for hydroxylation is 1. The summed E-state index contributed by atoms with van der Waals surface area (Å²) in [6, 6.07) is 0. The van der Waals surface area contributed by atoms with Crippen molar-refractivity contribution >= 4 is 5.97 Å². The van der Waals surface area contributed by atoms with Gasteiger partial charge in [-0.3, -0.25) is 0 Å². The van der Waals surface area contributed by atoms with Crippen LogP contribution in [0.3, 0.4) is 0 Å². The fourth-order valence-electron chi connectivity index (χ4n) is 5.06. The van der Waals surface area contributed by atoms with Crippen molar-refractivity contribution in [2.24, 2.45) is 17.3 Å². The summed E-state index contributed by atoms with van der Waals surface area (Å²) in [5.74, 6) is 1.77. The molecule has 3 aliphatic rings. The van der Waals surface area contributed by atoms with E-state index in [9.17, 15) is 4.79 Å². The number of ether oxygens (including phenoxy) is 2. The van der Waals surface area contributed by atoms with Crippen LogP contribution >= 0.6 is 0 Å². The van der Waals surface area contributed by atoms with Gasteiger partial charge < -0.3 is 13.9 Å². The molecule has 0 amide bonds. The summed E-state index contributed by atoms with van der Waals surface area (Å²) >= 11 is 0. The molecule has 2 aliphatic carbocycles. The van der Waals surface area contributed by atoms with E-state index in [0.717, 1.165) is 31.6 Å². The zero-order chi connectivity index (χ0) is 17.1. The van der Waals surface area contributed by atoms with Gasteiger partial charge in [0, 0.05) is 28.9 Å². The standard InChI is InChI=1S/C20H26O4/c1-5-11(2)19(21)24-15-7-6-14-8-16-17(12(3)9-22-16)18-20(14,10-23-18)13(15)4/h5,9,13-15,18H,6-8,10H2,1-4H3/b11-5+. The lowest BCUT2D eigenvalue weighted by Gasteiger charge is -2.62. The molecule has 1 aliphatic heterocycles. The Morgan fingerprint density at radius 3 is 2.88 bits per heavy atom. The Morgan fingerprint density at radius 1 is 1.42 bits per heavy atom. The number of rotatable bonds is 2. The van der Waals surface area contributed by atoms with E-state index in [-0.39, 0.29) is 23.6 Å². The number of hydrogen-bond acceptors (Lipinski definition) is 4. The third kappa shape index (κ3) is 1.98. The van der Waals surface area contributed by atoms with Crippen molar-refractivity contribution < 1.29 is 18.7 Å². The SMILES string of the molecule is C/C=C(\C)C(=O)OC1CCC2Cc3occ(C)c3C3OCC23C1C. The summed E-state index contributed by atoms with van der Waals surface area (Å²) in [4.78, 5) is 12.2. The molecule has 0 aromatic carbocycles. The third-order valence-corrected chi connectivity index (χ3v) is 6.76. The summed E-state index contributed by atoms with van der Waals surface area (Å²) in [5, 5.41) is 0. The minimum atomic E-state index is -0.183. The maximum Gasteiger partial charge on any atom is 0.333 e. The minimum absolute atomic E-state index is 0.0243. The summed E-state index contributed by atoms with van der Waals surface area (Å²) in [6.07, 6.45) is 6.73. The molecule has 1 spiro atoms. The van der Waals surface area contributed by atoms with Crippen molar-refractivity contribution in [3.8, 4) is 0 Å². The highest BCUT2D eigenvalue weighted by molar-refractivity contribution is 5.87. The lowest BCUT2D eigenvalue weighted by atomic mass is 9.50. The molecule has 1 saturated heterocycles. The summed E-state index contributed by atoms with van der Waals surface area (Å²) in [5.41, 5.74) is 3.21. The van der Waals surface area contributed by atoms with E-state index in [2.05, 4.69) is 13.8 Å². The number of fused-ring (bicyclic) bond motifs is 2. The van der Waals surface area contributed by atoms with Gasteiger partial charge in [-0.25, -0.2) is 4.79 Å². The first-order valence-electron chi connectivity index (χ1n) is 9.01. The first-order valence-corrected chi connectivity index (χ1v) is 9.01. The molecule has 4 nitrogen and oxygen atoms in total. The second-order valence-corrected chi connectivity index (χ2v) is 7.74. The Labute approximate surface area is 143 Å². The normalized spacial score (nSPS) is 37.8. The van der Waals surface area contributed by atoms with Crippen molar-refractivity contribution in [3.05, 3.63) is 34.8 Å². The Bertz CT molecular complexity index is 700. The molecule has 5 atom stereocenters. The van der Waals surface area contributed by atoms with Crippen molar-refractivity contribution in [3.63, 3.8) is 0 Å². The smallest absolute Gasteiger partial charge is 0.333 e. The van der Waals surface area contributed by atoms with Gasteiger partial charge in [0.2, 0.25) is 0 Å². The van der Waals surface area contributed by atoms with Crippen LogP contribution in [0.15, 0.2) is 22.3 Å². The average Bonchev–Trinajstić information content (AvgIpc) is 2.89. The molecule has 2 fully saturated rings. The van der Waals surface area contributed by atoms with Gasteiger partial charge in [-0.05, 0) is 45.1 Å². The van der Waals surface area contributed by atoms with Gasteiger partial charge in [0.05, 0.1) is 19.0 Å². The van der Waals surface area contributed by atoms with Gasteiger partial charge in [-0.15, -0.1) is 0 Å². The number of esters is 1. The largest absolute Gasteiger partial charge is 0.469 e. The number of allylic oxidation sites excluding steroid dienone is 1. The van der Waals surface area contributed by atoms with Crippen LogP contribution in [0, 0.1) is 24.2 Å². The molecule has 24 heavy (non-hydrogen) atoms. The van der Waals surface area contributed by atoms with E-state index >= 15 is 0 Å². The highest BCUT2D eigenvalue weighted by Gasteiger charge is 2.64. The van der Waals surface area contributed by atoms with Crippen LogP contribution in [0.25, 0.3) is 0 Å². The summed E-state index contributed by atoms with van der Waals surface area (Å²) in [7, 11) is 0. The van der Waals surface area contributed by atoms with Crippen molar-refractivity contribution in [1.82, 2.24) is 0 Å². The zero-order valence-electron chi connectivity index (χ0n) is 14.9. The van der Waals surface area contributed by atoms with E-state index < -0.39 is 0 Å². The van der Waals surface area contributed by atoms with Gasteiger partial charge in [-0.1, -0.05) is 13.0 Å². The van der Waals surface area contributed by atoms with Crippen LogP contribution in [0.4, 0.5) is 0 Å². The van der Waals surface area contributed by atoms with Gasteiger partial charge in [0.15, 0.2) is 0 Å². The maximum atomic E-state index is 12.2. The lowest BCUT2D eigenvalue weighted by molar-refractivity contribution is -0.279. The molecule has 130 valence electrons. The van der Waals surface area contributed by atoms with E-state index in [4.69, 9.17) is 13.9 Å². The molecule has 0 N–H and O–H groups in total. The Balaban J connectivity index is 1.63. The molecule has 5 unspecified atom stereocenters. The molecule has 1 saturated carbocycles. The Hall–Kier alpha value is -1.55. The summed E-state index contributed by atoms with van der Waals surface area (Å²) in [6.45, 7) is 8.79. The summed E-state index contributed by atoms with van der Waals surface area (Å²) < 4.78 is 17.7. The molecule has 1 aromatic heterocycles. The predicted octanol–water partition coefficient (Wildman–Crippen LogP) is 4.13. The number of hydrogen-bond donors (Lipinski definition) is 0. The molecule has 1 aromatic rings. The fourth-order valence-corrected chi connectivity index (χ4v) is 5.06. The molecular weight excluding hydrogens is 304 g/mol. The van der Waals surface area contributed by atoms with Crippen LogP contribution in [-0.4, -0.2) is 18.7 Å². The van der Waals surface area contributed by atoms with Gasteiger partial charge in [0.1, 0.15) is 11.9 Å².